The quantitative estimate of drug-likeness (QED) is 0.702. The van der Waals surface area contributed by atoms with E-state index in [2.05, 4.69) is 5.32 Å². The zero-order chi connectivity index (χ0) is 11.1. The van der Waals surface area contributed by atoms with Crippen molar-refractivity contribution in [2.75, 3.05) is 11.1 Å². The molecule has 5 nitrogen and oxygen atoms in total. The Morgan fingerprint density at radius 1 is 1.40 bits per heavy atom. The summed E-state index contributed by atoms with van der Waals surface area (Å²) in [5.74, 6) is -1.10. The number of sulfone groups is 1. The first-order chi connectivity index (χ1) is 7.04. The van der Waals surface area contributed by atoms with E-state index in [4.69, 9.17) is 5.11 Å². The molecule has 1 aliphatic heterocycles. The molecular formula is C9H9NO4S. The van der Waals surface area contributed by atoms with Gasteiger partial charge < -0.3 is 10.4 Å². The van der Waals surface area contributed by atoms with Crippen molar-refractivity contribution in [1.29, 1.82) is 0 Å². The summed E-state index contributed by atoms with van der Waals surface area (Å²) in [7, 11) is -3.55. The predicted molar refractivity (Wildman–Crippen MR) is 53.0 cm³/mol. The lowest BCUT2D eigenvalue weighted by Crippen LogP contribution is -2.30. The van der Waals surface area contributed by atoms with Crippen LogP contribution in [-0.4, -0.2) is 25.2 Å². The zero-order valence-electron chi connectivity index (χ0n) is 7.73. The topological polar surface area (TPSA) is 83.5 Å². The first kappa shape index (κ1) is 10.1. The third kappa shape index (κ3) is 1.62. The highest BCUT2D eigenvalue weighted by molar-refractivity contribution is 7.92. The molecule has 0 saturated carbocycles. The smallest absolute Gasteiger partial charge is 0.240 e. The molecule has 0 atom stereocenters. The van der Waals surface area contributed by atoms with E-state index in [1.165, 1.54) is 6.07 Å². The van der Waals surface area contributed by atoms with Gasteiger partial charge in [0.25, 0.3) is 0 Å². The summed E-state index contributed by atoms with van der Waals surface area (Å²) in [6.07, 6.45) is 0. The lowest BCUT2D eigenvalue weighted by atomic mass is 10.2. The van der Waals surface area contributed by atoms with Crippen LogP contribution in [0.1, 0.15) is 5.56 Å². The van der Waals surface area contributed by atoms with Gasteiger partial charge in [-0.05, 0) is 6.07 Å². The Kier molecular flexibility index (Phi) is 2.24. The molecule has 1 heterocycles. The van der Waals surface area contributed by atoms with Crippen LogP contribution in [0.25, 0.3) is 0 Å². The molecule has 0 spiro atoms. The number of fused-ring (bicyclic) bond motifs is 1. The number of aliphatic hydroxyl groups is 1. The fraction of sp³-hybridized carbons (Fsp3) is 0.222. The number of anilines is 1. The van der Waals surface area contributed by atoms with Crippen LogP contribution in [-0.2, 0) is 21.2 Å². The molecule has 2 N–H and O–H groups in total. The number of carbonyl (C=O) groups is 1. The van der Waals surface area contributed by atoms with E-state index in [0.29, 0.717) is 5.56 Å². The largest absolute Gasteiger partial charge is 0.392 e. The van der Waals surface area contributed by atoms with E-state index in [1.54, 1.807) is 12.1 Å². The van der Waals surface area contributed by atoms with E-state index in [1.807, 2.05) is 0 Å². The van der Waals surface area contributed by atoms with Gasteiger partial charge in [0, 0.05) is 5.56 Å². The number of aliphatic hydroxyl groups excluding tert-OH is 1. The number of para-hydroxylation sites is 1. The molecule has 0 saturated heterocycles. The summed E-state index contributed by atoms with van der Waals surface area (Å²) in [4.78, 5) is 11.2. The Hall–Kier alpha value is -1.40. The number of carbonyl (C=O) groups excluding carboxylic acids is 1. The highest BCUT2D eigenvalue weighted by Crippen LogP contribution is 2.29. The lowest BCUT2D eigenvalue weighted by Gasteiger charge is -2.19. The van der Waals surface area contributed by atoms with Crippen LogP contribution in [0.4, 0.5) is 5.69 Å². The summed E-state index contributed by atoms with van der Waals surface area (Å²) < 4.78 is 23.2. The van der Waals surface area contributed by atoms with Crippen molar-refractivity contribution in [1.82, 2.24) is 0 Å². The van der Waals surface area contributed by atoms with Gasteiger partial charge in [-0.1, -0.05) is 12.1 Å². The molecule has 0 aromatic heterocycles. The highest BCUT2D eigenvalue weighted by atomic mass is 32.2. The van der Waals surface area contributed by atoms with Gasteiger partial charge in [-0.3, -0.25) is 4.79 Å². The highest BCUT2D eigenvalue weighted by Gasteiger charge is 2.29. The van der Waals surface area contributed by atoms with Gasteiger partial charge in [-0.2, -0.15) is 0 Å². The second-order valence-electron chi connectivity index (χ2n) is 3.26. The maximum atomic E-state index is 11.6. The monoisotopic (exact) mass is 227 g/mol. The minimum absolute atomic E-state index is 0.0775. The number of benzene rings is 1. The normalized spacial score (nSPS) is 18.1. The van der Waals surface area contributed by atoms with Crippen molar-refractivity contribution in [3.05, 3.63) is 23.8 Å². The van der Waals surface area contributed by atoms with E-state index in [0.717, 1.165) is 0 Å². The third-order valence-corrected chi connectivity index (χ3v) is 3.86. The third-order valence-electron chi connectivity index (χ3n) is 2.20. The van der Waals surface area contributed by atoms with Crippen molar-refractivity contribution >= 4 is 21.4 Å². The van der Waals surface area contributed by atoms with E-state index < -0.39 is 21.5 Å². The van der Waals surface area contributed by atoms with Crippen molar-refractivity contribution < 1.29 is 18.3 Å². The number of hydrogen-bond acceptors (Lipinski definition) is 4. The molecule has 0 aliphatic carbocycles. The number of amides is 1. The maximum Gasteiger partial charge on any atom is 0.240 e. The van der Waals surface area contributed by atoms with Gasteiger partial charge in [0.05, 0.1) is 17.2 Å². The summed E-state index contributed by atoms with van der Waals surface area (Å²) in [6, 6.07) is 4.53. The zero-order valence-corrected chi connectivity index (χ0v) is 8.54. The fourth-order valence-electron chi connectivity index (χ4n) is 1.54. The van der Waals surface area contributed by atoms with Gasteiger partial charge in [0.2, 0.25) is 5.91 Å². The standard InChI is InChI=1S/C9H9NO4S/c11-4-6-2-1-3-7-9(6)10-8(12)5-15(7,13)14/h1-3,11H,4-5H2,(H,10,12). The molecule has 0 unspecified atom stereocenters. The van der Waals surface area contributed by atoms with Crippen LogP contribution in [0.3, 0.4) is 0 Å². The van der Waals surface area contributed by atoms with E-state index in [-0.39, 0.29) is 17.2 Å². The first-order valence-corrected chi connectivity index (χ1v) is 5.95. The molecule has 2 rings (SSSR count). The Morgan fingerprint density at radius 3 is 2.80 bits per heavy atom. The molecule has 1 aliphatic rings. The second kappa shape index (κ2) is 3.32. The SMILES string of the molecule is O=C1CS(=O)(=O)c2cccc(CO)c2N1. The molecular weight excluding hydrogens is 218 g/mol. The molecule has 0 fully saturated rings. The van der Waals surface area contributed by atoms with Crippen LogP contribution >= 0.6 is 0 Å². The fourth-order valence-corrected chi connectivity index (χ4v) is 2.89. The first-order valence-electron chi connectivity index (χ1n) is 4.30. The second-order valence-corrected chi connectivity index (χ2v) is 5.21. The van der Waals surface area contributed by atoms with Gasteiger partial charge in [-0.25, -0.2) is 8.42 Å². The van der Waals surface area contributed by atoms with E-state index >= 15 is 0 Å². The molecule has 0 radical (unpaired) electrons. The summed E-state index contributed by atoms with van der Waals surface area (Å²) in [6.45, 7) is -0.307. The van der Waals surface area contributed by atoms with E-state index in [9.17, 15) is 13.2 Å². The predicted octanol–water partition coefficient (Wildman–Crippen LogP) is -0.0953. The van der Waals surface area contributed by atoms with Crippen molar-refractivity contribution in [2.24, 2.45) is 0 Å². The Bertz CT molecular complexity index is 521. The molecule has 1 amide bonds. The summed E-state index contributed by atoms with van der Waals surface area (Å²) >= 11 is 0. The summed E-state index contributed by atoms with van der Waals surface area (Å²) in [5.41, 5.74) is 0.611. The molecule has 1 aromatic carbocycles. The number of hydrogen-bond donors (Lipinski definition) is 2. The van der Waals surface area contributed by atoms with Gasteiger partial charge in [0.1, 0.15) is 5.75 Å². The van der Waals surface area contributed by atoms with Gasteiger partial charge in [-0.15, -0.1) is 0 Å². The molecule has 80 valence electrons. The Balaban J connectivity index is 2.71. The van der Waals surface area contributed by atoms with Crippen LogP contribution in [0.2, 0.25) is 0 Å². The van der Waals surface area contributed by atoms with Crippen LogP contribution < -0.4 is 5.32 Å². The molecule has 6 heteroatoms. The minimum atomic E-state index is -3.55. The van der Waals surface area contributed by atoms with Crippen molar-refractivity contribution in [2.45, 2.75) is 11.5 Å². The Labute approximate surface area is 86.7 Å². The van der Waals surface area contributed by atoms with Gasteiger partial charge in [0.15, 0.2) is 9.84 Å². The molecule has 0 bridgehead atoms. The lowest BCUT2D eigenvalue weighted by molar-refractivity contribution is -0.114. The number of rotatable bonds is 1. The molecule has 15 heavy (non-hydrogen) atoms. The van der Waals surface area contributed by atoms with Gasteiger partial charge >= 0.3 is 0 Å². The van der Waals surface area contributed by atoms with Crippen molar-refractivity contribution in [3.8, 4) is 0 Å². The summed E-state index contributed by atoms with van der Waals surface area (Å²) in [5, 5.41) is 11.5. The van der Waals surface area contributed by atoms with Crippen LogP contribution in [0.15, 0.2) is 23.1 Å². The Morgan fingerprint density at radius 2 is 2.13 bits per heavy atom. The minimum Gasteiger partial charge on any atom is -0.392 e. The molecule has 1 aromatic rings. The maximum absolute atomic E-state index is 11.6. The van der Waals surface area contributed by atoms with Crippen molar-refractivity contribution in [3.63, 3.8) is 0 Å². The van der Waals surface area contributed by atoms with Crippen LogP contribution in [0, 0.1) is 0 Å². The number of nitrogens with one attached hydrogen (secondary N) is 1. The average Bonchev–Trinajstić information content (AvgIpc) is 2.15. The van der Waals surface area contributed by atoms with Crippen LogP contribution in [0.5, 0.6) is 0 Å². The average molecular weight is 227 g/mol.